The van der Waals surface area contributed by atoms with E-state index in [4.69, 9.17) is 0 Å². The lowest BCUT2D eigenvalue weighted by atomic mass is 10.2. The minimum atomic E-state index is -3.93. The maximum Gasteiger partial charge on any atom is 0.245 e. The van der Waals surface area contributed by atoms with Gasteiger partial charge in [-0.1, -0.05) is 15.9 Å². The number of carbonyl (C=O) groups excluding carboxylic acids is 1. The molecule has 2 rings (SSSR count). The van der Waals surface area contributed by atoms with Crippen LogP contribution in [0.5, 0.6) is 0 Å². The van der Waals surface area contributed by atoms with Crippen LogP contribution < -0.4 is 5.32 Å². The van der Waals surface area contributed by atoms with E-state index in [1.54, 1.807) is 12.1 Å². The Morgan fingerprint density at radius 3 is 1.81 bits per heavy atom. The molecule has 0 bridgehead atoms. The van der Waals surface area contributed by atoms with Crippen molar-refractivity contribution in [3.05, 3.63) is 53.0 Å². The zero-order chi connectivity index (χ0) is 19.8. The second-order valence-electron chi connectivity index (χ2n) is 6.22. The molecule has 6 nitrogen and oxygen atoms in total. The summed E-state index contributed by atoms with van der Waals surface area (Å²) < 4.78 is 47.6. The van der Waals surface area contributed by atoms with Gasteiger partial charge in [0.15, 0.2) is 19.7 Å². The van der Waals surface area contributed by atoms with E-state index >= 15 is 0 Å². The summed E-state index contributed by atoms with van der Waals surface area (Å²) in [7, 11) is -7.29. The highest BCUT2D eigenvalue weighted by Crippen LogP contribution is 2.28. The molecule has 0 heterocycles. The average molecular weight is 460 g/mol. The molecule has 1 amide bonds. The smallest absolute Gasteiger partial charge is 0.245 e. The fourth-order valence-electron chi connectivity index (χ4n) is 2.10. The number of hydrogen-bond donors (Lipinski definition) is 1. The molecule has 2 aromatic rings. The Labute approximate surface area is 161 Å². The van der Waals surface area contributed by atoms with Crippen LogP contribution in [-0.2, 0) is 24.5 Å². The quantitative estimate of drug-likeness (QED) is 0.740. The van der Waals surface area contributed by atoms with E-state index in [0.717, 1.165) is 10.7 Å². The molecule has 140 valence electrons. The molecule has 0 aliphatic rings. The lowest BCUT2D eigenvalue weighted by molar-refractivity contribution is -0.117. The predicted molar refractivity (Wildman–Crippen MR) is 104 cm³/mol. The fraction of sp³-hybridized carbons (Fsp3) is 0.235. The summed E-state index contributed by atoms with van der Waals surface area (Å²) in [5.41, 5.74) is 0.307. The van der Waals surface area contributed by atoms with Crippen molar-refractivity contribution >= 4 is 47.2 Å². The van der Waals surface area contributed by atoms with E-state index in [9.17, 15) is 21.6 Å². The molecule has 0 fully saturated rings. The highest BCUT2D eigenvalue weighted by molar-refractivity contribution is 9.10. The standard InChI is InChI=1S/C17H18BrNO5S2/c1-17(2,26(23,24)15-8-4-12(18)5-9-15)16(20)19-13-6-10-14(11-7-13)25(3,21)22/h4-11H,1-3H3,(H,19,20). The Hall–Kier alpha value is -1.71. The molecule has 0 spiro atoms. The summed E-state index contributed by atoms with van der Waals surface area (Å²) in [6.45, 7) is 2.65. The van der Waals surface area contributed by atoms with E-state index in [0.29, 0.717) is 5.69 Å². The van der Waals surface area contributed by atoms with E-state index in [2.05, 4.69) is 21.2 Å². The number of amides is 1. The van der Waals surface area contributed by atoms with Gasteiger partial charge in [-0.3, -0.25) is 4.79 Å². The third-order valence-corrected chi connectivity index (χ3v) is 7.96. The third kappa shape index (κ3) is 4.16. The van der Waals surface area contributed by atoms with Gasteiger partial charge in [0.25, 0.3) is 0 Å². The van der Waals surface area contributed by atoms with Crippen molar-refractivity contribution in [2.45, 2.75) is 28.4 Å². The van der Waals surface area contributed by atoms with Crippen molar-refractivity contribution in [3.8, 4) is 0 Å². The van der Waals surface area contributed by atoms with Crippen molar-refractivity contribution in [3.63, 3.8) is 0 Å². The van der Waals surface area contributed by atoms with Crippen LogP contribution in [0.3, 0.4) is 0 Å². The largest absolute Gasteiger partial charge is 0.325 e. The first-order valence-corrected chi connectivity index (χ1v) is 11.6. The number of anilines is 1. The molecule has 0 aliphatic heterocycles. The molecule has 0 saturated heterocycles. The molecule has 1 N–H and O–H groups in total. The lowest BCUT2D eigenvalue weighted by Crippen LogP contribution is -2.44. The van der Waals surface area contributed by atoms with Crippen molar-refractivity contribution in [2.75, 3.05) is 11.6 Å². The van der Waals surface area contributed by atoms with Crippen LogP contribution in [0.4, 0.5) is 5.69 Å². The van der Waals surface area contributed by atoms with Gasteiger partial charge in [-0.2, -0.15) is 0 Å². The van der Waals surface area contributed by atoms with Gasteiger partial charge in [-0.25, -0.2) is 16.8 Å². The second-order valence-corrected chi connectivity index (χ2v) is 11.6. The van der Waals surface area contributed by atoms with E-state index in [1.165, 1.54) is 50.2 Å². The molecular weight excluding hydrogens is 442 g/mol. The van der Waals surface area contributed by atoms with E-state index in [-0.39, 0.29) is 9.79 Å². The Kier molecular flexibility index (Phi) is 5.65. The third-order valence-electron chi connectivity index (χ3n) is 3.88. The summed E-state index contributed by atoms with van der Waals surface area (Å²) in [5.74, 6) is -0.715. The summed E-state index contributed by atoms with van der Waals surface area (Å²) in [4.78, 5) is 12.7. The minimum absolute atomic E-state index is 0.0354. The summed E-state index contributed by atoms with van der Waals surface area (Å²) in [5, 5.41) is 2.53. The Bertz CT molecular complexity index is 1030. The maximum absolute atomic E-state index is 12.8. The van der Waals surface area contributed by atoms with Crippen LogP contribution in [0.15, 0.2) is 62.8 Å². The fourth-order valence-corrected chi connectivity index (χ4v) is 4.37. The van der Waals surface area contributed by atoms with Gasteiger partial charge in [0.2, 0.25) is 5.91 Å². The maximum atomic E-state index is 12.8. The van der Waals surface area contributed by atoms with E-state index in [1.807, 2.05) is 0 Å². The number of benzene rings is 2. The van der Waals surface area contributed by atoms with E-state index < -0.39 is 30.3 Å². The first kappa shape index (κ1) is 20.6. The first-order chi connectivity index (χ1) is 11.9. The predicted octanol–water partition coefficient (Wildman–Crippen LogP) is 3.04. The first-order valence-electron chi connectivity index (χ1n) is 7.47. The summed E-state index contributed by atoms with van der Waals surface area (Å²) in [6.07, 6.45) is 1.08. The SMILES string of the molecule is CC(C)(C(=O)Nc1ccc(S(C)(=O)=O)cc1)S(=O)(=O)c1ccc(Br)cc1. The number of sulfone groups is 2. The van der Waals surface area contributed by atoms with Crippen LogP contribution in [0.25, 0.3) is 0 Å². The van der Waals surface area contributed by atoms with Crippen molar-refractivity contribution in [1.82, 2.24) is 0 Å². The van der Waals surface area contributed by atoms with Crippen molar-refractivity contribution in [1.29, 1.82) is 0 Å². The molecule has 0 saturated carbocycles. The number of hydrogen-bond acceptors (Lipinski definition) is 5. The molecule has 2 aromatic carbocycles. The van der Waals surface area contributed by atoms with Gasteiger partial charge in [-0.05, 0) is 62.4 Å². The Morgan fingerprint density at radius 2 is 1.35 bits per heavy atom. The van der Waals surface area contributed by atoms with Crippen LogP contribution in [0.1, 0.15) is 13.8 Å². The molecular formula is C17H18BrNO5S2. The van der Waals surface area contributed by atoms with Crippen molar-refractivity contribution in [2.24, 2.45) is 0 Å². The van der Waals surface area contributed by atoms with Gasteiger partial charge in [0.1, 0.15) is 4.75 Å². The summed E-state index contributed by atoms with van der Waals surface area (Å²) in [6, 6.07) is 11.6. The molecule has 0 aliphatic carbocycles. The number of rotatable bonds is 5. The van der Waals surface area contributed by atoms with Gasteiger partial charge in [0.05, 0.1) is 9.79 Å². The topological polar surface area (TPSA) is 97.4 Å². The number of halogens is 1. The van der Waals surface area contributed by atoms with Crippen LogP contribution in [0, 0.1) is 0 Å². The monoisotopic (exact) mass is 459 g/mol. The van der Waals surface area contributed by atoms with Crippen LogP contribution in [0.2, 0.25) is 0 Å². The minimum Gasteiger partial charge on any atom is -0.325 e. The van der Waals surface area contributed by atoms with Gasteiger partial charge < -0.3 is 5.32 Å². The zero-order valence-corrected chi connectivity index (χ0v) is 17.6. The highest BCUT2D eigenvalue weighted by atomic mass is 79.9. The van der Waals surface area contributed by atoms with Gasteiger partial charge in [0, 0.05) is 16.4 Å². The second kappa shape index (κ2) is 7.13. The molecule has 26 heavy (non-hydrogen) atoms. The molecule has 0 aromatic heterocycles. The highest BCUT2D eigenvalue weighted by Gasteiger charge is 2.42. The molecule has 0 radical (unpaired) electrons. The van der Waals surface area contributed by atoms with Crippen LogP contribution >= 0.6 is 15.9 Å². The Balaban J connectivity index is 2.28. The zero-order valence-electron chi connectivity index (χ0n) is 14.4. The van der Waals surface area contributed by atoms with Crippen molar-refractivity contribution < 1.29 is 21.6 Å². The van der Waals surface area contributed by atoms with Gasteiger partial charge in [-0.15, -0.1) is 0 Å². The average Bonchev–Trinajstić information content (AvgIpc) is 2.54. The number of nitrogens with one attached hydrogen (secondary N) is 1. The van der Waals surface area contributed by atoms with Gasteiger partial charge >= 0.3 is 0 Å². The molecule has 0 unspecified atom stereocenters. The summed E-state index contributed by atoms with van der Waals surface area (Å²) >= 11 is 3.24. The molecule has 0 atom stereocenters. The van der Waals surface area contributed by atoms with Crippen LogP contribution in [-0.4, -0.2) is 33.7 Å². The lowest BCUT2D eigenvalue weighted by Gasteiger charge is -2.24. The number of carbonyl (C=O) groups is 1. The molecule has 9 heteroatoms. The normalized spacial score (nSPS) is 12.6. The Morgan fingerprint density at radius 1 is 0.885 bits per heavy atom.